The third-order valence-electron chi connectivity index (χ3n) is 4.75. The Labute approximate surface area is 166 Å². The summed E-state index contributed by atoms with van der Waals surface area (Å²) in [6.45, 7) is 2.06. The molecule has 4 rings (SSSR count). The van der Waals surface area contributed by atoms with Crippen molar-refractivity contribution in [2.75, 3.05) is 10.6 Å². The number of nitrogens with one attached hydrogen (secondary N) is 2. The molecule has 28 heavy (non-hydrogen) atoms. The molecule has 0 saturated heterocycles. The molecule has 0 aliphatic heterocycles. The molecule has 2 aromatic carbocycles. The molecule has 3 N–H and O–H groups in total. The molecule has 0 unspecified atom stereocenters. The molecule has 7 heteroatoms. The van der Waals surface area contributed by atoms with Gasteiger partial charge in [0.05, 0.1) is 5.69 Å². The number of amides is 2. The summed E-state index contributed by atoms with van der Waals surface area (Å²) in [5, 5.41) is 17.4. The van der Waals surface area contributed by atoms with Crippen LogP contribution in [-0.4, -0.2) is 21.9 Å². The van der Waals surface area contributed by atoms with Crippen LogP contribution in [0.15, 0.2) is 53.9 Å². The Hall–Kier alpha value is -3.19. The van der Waals surface area contributed by atoms with E-state index in [0.717, 1.165) is 17.7 Å². The highest BCUT2D eigenvalue weighted by Crippen LogP contribution is 2.38. The zero-order chi connectivity index (χ0) is 19.7. The molecular formula is C21H19N3O3S. The fourth-order valence-electron chi connectivity index (χ4n) is 2.89. The highest BCUT2D eigenvalue weighted by molar-refractivity contribution is 7.14. The summed E-state index contributed by atoms with van der Waals surface area (Å²) in [7, 11) is 0. The normalized spacial score (nSPS) is 17.8. The maximum atomic E-state index is 12.4. The number of carbonyl (C=O) groups is 2. The van der Waals surface area contributed by atoms with Crippen molar-refractivity contribution in [3.63, 3.8) is 0 Å². The Kier molecular flexibility index (Phi) is 4.83. The van der Waals surface area contributed by atoms with Gasteiger partial charge in [0.1, 0.15) is 5.75 Å². The van der Waals surface area contributed by atoms with Crippen LogP contribution in [0.25, 0.3) is 11.3 Å². The largest absolute Gasteiger partial charge is 0.508 e. The van der Waals surface area contributed by atoms with Gasteiger partial charge in [0.15, 0.2) is 5.13 Å². The predicted molar refractivity (Wildman–Crippen MR) is 110 cm³/mol. The van der Waals surface area contributed by atoms with Crippen molar-refractivity contribution in [3.05, 3.63) is 59.5 Å². The van der Waals surface area contributed by atoms with Crippen LogP contribution in [-0.2, 0) is 4.79 Å². The second kappa shape index (κ2) is 7.44. The van der Waals surface area contributed by atoms with Crippen LogP contribution in [0.3, 0.4) is 0 Å². The van der Waals surface area contributed by atoms with Gasteiger partial charge in [0.25, 0.3) is 5.91 Å². The van der Waals surface area contributed by atoms with E-state index < -0.39 is 0 Å². The average molecular weight is 393 g/mol. The van der Waals surface area contributed by atoms with Crippen molar-refractivity contribution >= 4 is 34.0 Å². The van der Waals surface area contributed by atoms with Crippen molar-refractivity contribution in [3.8, 4) is 17.0 Å². The van der Waals surface area contributed by atoms with E-state index in [9.17, 15) is 14.7 Å². The highest BCUT2D eigenvalue weighted by atomic mass is 32.1. The zero-order valence-electron chi connectivity index (χ0n) is 15.2. The van der Waals surface area contributed by atoms with E-state index in [1.54, 1.807) is 48.5 Å². The summed E-state index contributed by atoms with van der Waals surface area (Å²) in [5.74, 6) is 0.527. The first-order valence-corrected chi connectivity index (χ1v) is 9.85. The number of carbonyl (C=O) groups excluding carboxylic acids is 2. The predicted octanol–water partition coefficient (Wildman–Crippen LogP) is 4.36. The van der Waals surface area contributed by atoms with Gasteiger partial charge in [-0.15, -0.1) is 11.3 Å². The van der Waals surface area contributed by atoms with Crippen molar-refractivity contribution in [1.29, 1.82) is 0 Å². The molecule has 1 fully saturated rings. The van der Waals surface area contributed by atoms with Crippen LogP contribution >= 0.6 is 11.3 Å². The minimum atomic E-state index is -0.264. The number of aromatic nitrogens is 1. The lowest BCUT2D eigenvalue weighted by Gasteiger charge is -2.06. The van der Waals surface area contributed by atoms with Crippen molar-refractivity contribution in [1.82, 2.24) is 4.98 Å². The summed E-state index contributed by atoms with van der Waals surface area (Å²) < 4.78 is 0. The Morgan fingerprint density at radius 1 is 1.07 bits per heavy atom. The Morgan fingerprint density at radius 3 is 2.39 bits per heavy atom. The van der Waals surface area contributed by atoms with Gasteiger partial charge in [0, 0.05) is 28.1 Å². The quantitative estimate of drug-likeness (QED) is 0.600. The minimum absolute atomic E-state index is 0.0363. The molecule has 3 aromatic rings. The molecule has 0 spiro atoms. The van der Waals surface area contributed by atoms with E-state index in [-0.39, 0.29) is 23.5 Å². The number of thiazole rings is 1. The second-order valence-corrected chi connectivity index (χ2v) is 7.78. The SMILES string of the molecule is C[C@@H]1C[C@@H]1C(=O)Nc1ccc(C(=O)Nc2nc(-c3ccc(O)cc3)cs2)cc1. The van der Waals surface area contributed by atoms with Crippen LogP contribution in [0, 0.1) is 11.8 Å². The van der Waals surface area contributed by atoms with Gasteiger partial charge < -0.3 is 10.4 Å². The summed E-state index contributed by atoms with van der Waals surface area (Å²) in [4.78, 5) is 28.8. The first-order valence-electron chi connectivity index (χ1n) is 8.97. The molecule has 2 atom stereocenters. The Bertz CT molecular complexity index is 1010. The zero-order valence-corrected chi connectivity index (χ0v) is 16.0. The monoisotopic (exact) mass is 393 g/mol. The third kappa shape index (κ3) is 4.04. The van der Waals surface area contributed by atoms with E-state index in [1.165, 1.54) is 11.3 Å². The molecule has 1 aromatic heterocycles. The molecule has 1 aliphatic rings. The van der Waals surface area contributed by atoms with Gasteiger partial charge in [-0.3, -0.25) is 14.9 Å². The molecule has 0 radical (unpaired) electrons. The van der Waals surface area contributed by atoms with E-state index in [0.29, 0.717) is 22.3 Å². The molecule has 2 amide bonds. The number of phenolic OH excluding ortho intramolecular Hbond substituents is 1. The molecule has 1 heterocycles. The fraction of sp³-hybridized carbons (Fsp3) is 0.190. The van der Waals surface area contributed by atoms with Gasteiger partial charge in [-0.1, -0.05) is 6.92 Å². The number of anilines is 2. The molecule has 6 nitrogen and oxygen atoms in total. The van der Waals surface area contributed by atoms with Crippen LogP contribution < -0.4 is 10.6 Å². The summed E-state index contributed by atoms with van der Waals surface area (Å²) in [6, 6.07) is 13.5. The number of aromatic hydroxyl groups is 1. The second-order valence-electron chi connectivity index (χ2n) is 6.92. The highest BCUT2D eigenvalue weighted by Gasteiger charge is 2.39. The smallest absolute Gasteiger partial charge is 0.257 e. The van der Waals surface area contributed by atoms with Crippen molar-refractivity contribution < 1.29 is 14.7 Å². The van der Waals surface area contributed by atoms with Gasteiger partial charge in [0.2, 0.25) is 5.91 Å². The number of benzene rings is 2. The topological polar surface area (TPSA) is 91.3 Å². The first kappa shape index (κ1) is 18.2. The number of nitrogens with zero attached hydrogens (tertiary/aromatic N) is 1. The lowest BCUT2D eigenvalue weighted by atomic mass is 10.2. The Morgan fingerprint density at radius 2 is 1.75 bits per heavy atom. The van der Waals surface area contributed by atoms with Gasteiger partial charge in [-0.2, -0.15) is 0 Å². The molecule has 1 saturated carbocycles. The van der Waals surface area contributed by atoms with Crippen LogP contribution in [0.4, 0.5) is 10.8 Å². The summed E-state index contributed by atoms with van der Waals surface area (Å²) in [5.41, 5.74) is 2.76. The third-order valence-corrected chi connectivity index (χ3v) is 5.51. The van der Waals surface area contributed by atoms with Gasteiger partial charge in [-0.25, -0.2) is 4.98 Å². The maximum Gasteiger partial charge on any atom is 0.257 e. The standard InChI is InChI=1S/C21H19N3O3S/c1-12-10-17(12)20(27)22-15-6-2-14(3-7-15)19(26)24-21-23-18(11-28-21)13-4-8-16(25)9-5-13/h2-9,11-12,17,25H,10H2,1H3,(H,22,27)(H,23,24,26)/t12-,17+/m1/s1. The molecule has 0 bridgehead atoms. The van der Waals surface area contributed by atoms with Gasteiger partial charge in [-0.05, 0) is 60.9 Å². The molecule has 142 valence electrons. The van der Waals surface area contributed by atoms with Crippen LogP contribution in [0.5, 0.6) is 5.75 Å². The van der Waals surface area contributed by atoms with E-state index in [1.807, 2.05) is 5.38 Å². The number of phenols is 1. The minimum Gasteiger partial charge on any atom is -0.508 e. The van der Waals surface area contributed by atoms with Crippen LogP contribution in [0.2, 0.25) is 0 Å². The van der Waals surface area contributed by atoms with E-state index in [2.05, 4.69) is 22.5 Å². The van der Waals surface area contributed by atoms with Gasteiger partial charge >= 0.3 is 0 Å². The van der Waals surface area contributed by atoms with E-state index in [4.69, 9.17) is 0 Å². The summed E-state index contributed by atoms with van der Waals surface area (Å²) >= 11 is 1.33. The van der Waals surface area contributed by atoms with E-state index >= 15 is 0 Å². The first-order chi connectivity index (χ1) is 13.5. The summed E-state index contributed by atoms with van der Waals surface area (Å²) in [6.07, 6.45) is 0.937. The number of hydrogen-bond donors (Lipinski definition) is 3. The number of hydrogen-bond acceptors (Lipinski definition) is 5. The maximum absolute atomic E-state index is 12.4. The number of rotatable bonds is 5. The van der Waals surface area contributed by atoms with Crippen molar-refractivity contribution in [2.24, 2.45) is 11.8 Å². The molecular weight excluding hydrogens is 374 g/mol. The van der Waals surface area contributed by atoms with Crippen LogP contribution in [0.1, 0.15) is 23.7 Å². The average Bonchev–Trinajstić information content (AvgIpc) is 3.25. The molecule has 1 aliphatic carbocycles. The van der Waals surface area contributed by atoms with Crippen molar-refractivity contribution in [2.45, 2.75) is 13.3 Å². The Balaban J connectivity index is 1.38. The lowest BCUT2D eigenvalue weighted by molar-refractivity contribution is -0.117. The fourth-order valence-corrected chi connectivity index (χ4v) is 3.61. The lowest BCUT2D eigenvalue weighted by Crippen LogP contribution is -2.15.